The second-order valence-corrected chi connectivity index (χ2v) is 6.68. The van der Waals surface area contributed by atoms with E-state index in [-0.39, 0.29) is 12.5 Å². The van der Waals surface area contributed by atoms with Crippen molar-refractivity contribution in [2.75, 3.05) is 17.6 Å². The third-order valence-corrected chi connectivity index (χ3v) is 4.40. The Morgan fingerprint density at radius 3 is 2.48 bits per heavy atom. The first kappa shape index (κ1) is 17.1. The fourth-order valence-electron chi connectivity index (χ4n) is 2.38. The van der Waals surface area contributed by atoms with Crippen molar-refractivity contribution in [1.29, 1.82) is 0 Å². The van der Waals surface area contributed by atoms with Gasteiger partial charge in [-0.1, -0.05) is 42.0 Å². The molecule has 1 amide bonds. The summed E-state index contributed by atoms with van der Waals surface area (Å²) in [7, 11) is 0. The van der Waals surface area contributed by atoms with Gasteiger partial charge in [0.1, 0.15) is 0 Å². The molecule has 0 saturated heterocycles. The number of carbonyl (C=O) groups excluding carboxylic acids is 1. The highest BCUT2D eigenvalue weighted by molar-refractivity contribution is 7.13. The highest BCUT2D eigenvalue weighted by atomic mass is 32.1. The van der Waals surface area contributed by atoms with Gasteiger partial charge < -0.3 is 16.4 Å². The molecule has 0 aliphatic rings. The molecule has 0 atom stereocenters. The minimum Gasteiger partial charge on any atom is -0.375 e. The van der Waals surface area contributed by atoms with Crippen LogP contribution in [0.5, 0.6) is 0 Å². The number of nitrogens with two attached hydrogens (primary N) is 1. The van der Waals surface area contributed by atoms with Gasteiger partial charge in [-0.25, -0.2) is 4.98 Å². The Bertz CT molecular complexity index is 841. The maximum Gasteiger partial charge on any atom is 0.238 e. The first-order chi connectivity index (χ1) is 12.1. The van der Waals surface area contributed by atoms with Crippen LogP contribution in [0.1, 0.15) is 11.1 Å². The second kappa shape index (κ2) is 7.92. The van der Waals surface area contributed by atoms with Crippen LogP contribution in [0.3, 0.4) is 0 Å². The predicted molar refractivity (Wildman–Crippen MR) is 103 cm³/mol. The van der Waals surface area contributed by atoms with Crippen molar-refractivity contribution < 1.29 is 4.79 Å². The van der Waals surface area contributed by atoms with Gasteiger partial charge in [-0.2, -0.15) is 0 Å². The molecule has 3 aromatic rings. The molecule has 2 aromatic carbocycles. The number of aromatic nitrogens is 1. The maximum atomic E-state index is 12.0. The number of aryl methyl sites for hydroxylation is 1. The normalized spacial score (nSPS) is 10.6. The highest BCUT2D eigenvalue weighted by Gasteiger charge is 2.05. The number of hydrogen-bond acceptors (Lipinski definition) is 5. The van der Waals surface area contributed by atoms with Gasteiger partial charge >= 0.3 is 0 Å². The topological polar surface area (TPSA) is 80.0 Å². The van der Waals surface area contributed by atoms with E-state index < -0.39 is 0 Å². The van der Waals surface area contributed by atoms with E-state index in [0.29, 0.717) is 11.7 Å². The summed E-state index contributed by atoms with van der Waals surface area (Å²) in [4.78, 5) is 16.3. The largest absolute Gasteiger partial charge is 0.375 e. The molecule has 3 rings (SSSR count). The van der Waals surface area contributed by atoms with Gasteiger partial charge in [0.05, 0.1) is 12.2 Å². The average Bonchev–Trinajstić information content (AvgIpc) is 3.04. The fourth-order valence-corrected chi connectivity index (χ4v) is 2.95. The van der Waals surface area contributed by atoms with Crippen molar-refractivity contribution >= 4 is 28.1 Å². The van der Waals surface area contributed by atoms with Gasteiger partial charge in [0, 0.05) is 23.2 Å². The van der Waals surface area contributed by atoms with Crippen LogP contribution in [0.15, 0.2) is 53.9 Å². The van der Waals surface area contributed by atoms with E-state index in [1.807, 2.05) is 29.6 Å². The molecule has 0 fully saturated rings. The number of nitrogens with one attached hydrogen (secondary N) is 2. The molecule has 4 N–H and O–H groups in total. The summed E-state index contributed by atoms with van der Waals surface area (Å²) in [5.41, 5.74) is 10.6. The van der Waals surface area contributed by atoms with E-state index in [2.05, 4.69) is 46.8 Å². The Morgan fingerprint density at radius 1 is 1.12 bits per heavy atom. The van der Waals surface area contributed by atoms with Crippen molar-refractivity contribution in [3.8, 4) is 11.3 Å². The zero-order chi connectivity index (χ0) is 17.6. The van der Waals surface area contributed by atoms with Gasteiger partial charge in [-0.15, -0.1) is 11.3 Å². The summed E-state index contributed by atoms with van der Waals surface area (Å²) in [5, 5.41) is 8.49. The van der Waals surface area contributed by atoms with E-state index in [1.165, 1.54) is 16.9 Å². The number of thiazole rings is 1. The van der Waals surface area contributed by atoms with Crippen LogP contribution in [-0.2, 0) is 11.3 Å². The lowest BCUT2D eigenvalue weighted by molar-refractivity contribution is -0.115. The molecule has 0 aliphatic heterocycles. The SMILES string of the molecule is Cc1ccc(CNCC(=O)Nc2ccc(-c3csc(N)n3)cc2)cc1. The van der Waals surface area contributed by atoms with Crippen molar-refractivity contribution in [1.82, 2.24) is 10.3 Å². The minimum absolute atomic E-state index is 0.0715. The fraction of sp³-hybridized carbons (Fsp3) is 0.158. The zero-order valence-corrected chi connectivity index (χ0v) is 14.8. The van der Waals surface area contributed by atoms with E-state index in [0.717, 1.165) is 22.5 Å². The van der Waals surface area contributed by atoms with Gasteiger partial charge in [0.25, 0.3) is 0 Å². The van der Waals surface area contributed by atoms with Crippen LogP contribution in [0.4, 0.5) is 10.8 Å². The first-order valence-corrected chi connectivity index (χ1v) is 8.86. The Morgan fingerprint density at radius 2 is 1.84 bits per heavy atom. The van der Waals surface area contributed by atoms with Crippen LogP contribution in [0, 0.1) is 6.92 Å². The predicted octanol–water partition coefficient (Wildman–Crippen LogP) is 3.43. The van der Waals surface area contributed by atoms with Crippen molar-refractivity contribution in [3.05, 3.63) is 65.0 Å². The molecular weight excluding hydrogens is 332 g/mol. The number of anilines is 2. The summed E-state index contributed by atoms with van der Waals surface area (Å²) in [6.07, 6.45) is 0. The van der Waals surface area contributed by atoms with E-state index in [4.69, 9.17) is 5.73 Å². The quantitative estimate of drug-likeness (QED) is 0.635. The summed E-state index contributed by atoms with van der Waals surface area (Å²) in [6, 6.07) is 15.8. The Kier molecular flexibility index (Phi) is 5.42. The summed E-state index contributed by atoms with van der Waals surface area (Å²) in [6.45, 7) is 2.98. The summed E-state index contributed by atoms with van der Waals surface area (Å²) < 4.78 is 0. The van der Waals surface area contributed by atoms with Crippen LogP contribution in [0.25, 0.3) is 11.3 Å². The lowest BCUT2D eigenvalue weighted by Gasteiger charge is -2.08. The number of amides is 1. The minimum atomic E-state index is -0.0715. The van der Waals surface area contributed by atoms with Crippen molar-refractivity contribution in [3.63, 3.8) is 0 Å². The average molecular weight is 352 g/mol. The molecule has 6 heteroatoms. The van der Waals surface area contributed by atoms with Crippen LogP contribution in [-0.4, -0.2) is 17.4 Å². The Balaban J connectivity index is 1.48. The molecule has 5 nitrogen and oxygen atoms in total. The summed E-state index contributed by atoms with van der Waals surface area (Å²) >= 11 is 1.41. The van der Waals surface area contributed by atoms with E-state index >= 15 is 0 Å². The maximum absolute atomic E-state index is 12.0. The molecule has 1 heterocycles. The van der Waals surface area contributed by atoms with E-state index in [1.54, 1.807) is 0 Å². The molecule has 0 radical (unpaired) electrons. The molecule has 0 saturated carbocycles. The third-order valence-electron chi connectivity index (χ3n) is 3.72. The van der Waals surface area contributed by atoms with Crippen LogP contribution in [0.2, 0.25) is 0 Å². The zero-order valence-electron chi connectivity index (χ0n) is 14.0. The van der Waals surface area contributed by atoms with Gasteiger partial charge in [-0.05, 0) is 24.6 Å². The third kappa shape index (κ3) is 4.89. The smallest absolute Gasteiger partial charge is 0.238 e. The van der Waals surface area contributed by atoms with Gasteiger partial charge in [0.2, 0.25) is 5.91 Å². The van der Waals surface area contributed by atoms with Crippen LogP contribution < -0.4 is 16.4 Å². The highest BCUT2D eigenvalue weighted by Crippen LogP contribution is 2.24. The first-order valence-electron chi connectivity index (χ1n) is 7.98. The molecule has 1 aromatic heterocycles. The number of benzene rings is 2. The van der Waals surface area contributed by atoms with Crippen LogP contribution >= 0.6 is 11.3 Å². The van der Waals surface area contributed by atoms with Gasteiger partial charge in [-0.3, -0.25) is 4.79 Å². The number of carbonyl (C=O) groups is 1. The molecule has 0 bridgehead atoms. The molecule has 0 unspecified atom stereocenters. The number of rotatable bonds is 6. The molecule has 0 spiro atoms. The lowest BCUT2D eigenvalue weighted by Crippen LogP contribution is -2.27. The molecule has 0 aliphatic carbocycles. The second-order valence-electron chi connectivity index (χ2n) is 5.79. The van der Waals surface area contributed by atoms with Crippen molar-refractivity contribution in [2.24, 2.45) is 0 Å². The molecule has 25 heavy (non-hydrogen) atoms. The van der Waals surface area contributed by atoms with Crippen molar-refractivity contribution in [2.45, 2.75) is 13.5 Å². The molecule has 128 valence electrons. The number of nitrogens with zero attached hydrogens (tertiary/aromatic N) is 1. The van der Waals surface area contributed by atoms with Gasteiger partial charge in [0.15, 0.2) is 5.13 Å². The monoisotopic (exact) mass is 352 g/mol. The number of hydrogen-bond donors (Lipinski definition) is 3. The lowest BCUT2D eigenvalue weighted by atomic mass is 10.1. The summed E-state index contributed by atoms with van der Waals surface area (Å²) in [5.74, 6) is -0.0715. The van der Waals surface area contributed by atoms with E-state index in [9.17, 15) is 4.79 Å². The Hall–Kier alpha value is -2.70. The molecular formula is C19H20N4OS. The standard InChI is InChI=1S/C19H20N4OS/c1-13-2-4-14(5-3-13)10-21-11-18(24)22-16-8-6-15(7-9-16)17-12-25-19(20)23-17/h2-9,12,21H,10-11H2,1H3,(H2,20,23)(H,22,24). The number of nitrogen functional groups attached to an aromatic ring is 1. The Labute approximate surface area is 150 Å².